The van der Waals surface area contributed by atoms with Crippen LogP contribution in [0.3, 0.4) is 0 Å². The van der Waals surface area contributed by atoms with Gasteiger partial charge in [-0.2, -0.15) is 0 Å². The summed E-state index contributed by atoms with van der Waals surface area (Å²) in [5.41, 5.74) is 0. The van der Waals surface area contributed by atoms with Crippen molar-refractivity contribution < 1.29 is 4.74 Å². The summed E-state index contributed by atoms with van der Waals surface area (Å²) < 4.78 is 7.13. The molecule has 1 heterocycles. The summed E-state index contributed by atoms with van der Waals surface area (Å²) in [6, 6.07) is 6.88. The number of ether oxygens (including phenoxy) is 1. The lowest BCUT2D eigenvalue weighted by Crippen LogP contribution is -1.88. The first-order valence-corrected chi connectivity index (χ1v) is 6.84. The van der Waals surface area contributed by atoms with Gasteiger partial charge < -0.3 is 4.74 Å². The van der Waals surface area contributed by atoms with Gasteiger partial charge in [0.15, 0.2) is 0 Å². The third-order valence-electron chi connectivity index (χ3n) is 1.89. The lowest BCUT2D eigenvalue weighted by atomic mass is 10.3. The van der Waals surface area contributed by atoms with Crippen molar-refractivity contribution in [2.75, 3.05) is 0 Å². The Morgan fingerprint density at radius 2 is 1.82 bits per heavy atom. The molecule has 1 aromatic heterocycles. The predicted octanol–water partition coefficient (Wildman–Crippen LogP) is 5.71. The van der Waals surface area contributed by atoms with E-state index in [4.69, 9.17) is 27.9 Å². The van der Waals surface area contributed by atoms with E-state index < -0.39 is 0 Å². The van der Waals surface area contributed by atoms with E-state index in [-0.39, 0.29) is 0 Å². The molecule has 0 bridgehead atoms. The molecule has 1 aromatic carbocycles. The van der Waals surface area contributed by atoms with Crippen LogP contribution in [0.15, 0.2) is 39.4 Å². The van der Waals surface area contributed by atoms with Crippen LogP contribution in [0.25, 0.3) is 0 Å². The van der Waals surface area contributed by atoms with Crippen molar-refractivity contribution in [3.63, 3.8) is 0 Å². The summed E-state index contributed by atoms with van der Waals surface area (Å²) in [7, 11) is 0. The molecule has 2 aromatic rings. The van der Waals surface area contributed by atoms with Gasteiger partial charge in [-0.05, 0) is 44.0 Å². The van der Waals surface area contributed by atoms with Gasteiger partial charge in [0.05, 0.1) is 10.0 Å². The second-order valence-electron chi connectivity index (χ2n) is 3.11. The number of pyridine rings is 1. The van der Waals surface area contributed by atoms with Crippen LogP contribution in [0.2, 0.25) is 10.0 Å². The van der Waals surface area contributed by atoms with Gasteiger partial charge in [-0.3, -0.25) is 0 Å². The minimum absolute atomic E-state index is 0.452. The van der Waals surface area contributed by atoms with E-state index in [1.807, 2.05) is 6.07 Å². The Balaban J connectivity index is 2.30. The molecule has 2 nitrogen and oxygen atoms in total. The van der Waals surface area contributed by atoms with Crippen molar-refractivity contribution in [1.82, 2.24) is 4.98 Å². The minimum Gasteiger partial charge on any atom is -0.437 e. The summed E-state index contributed by atoms with van der Waals surface area (Å²) >= 11 is 18.6. The highest BCUT2D eigenvalue weighted by atomic mass is 79.9. The lowest BCUT2D eigenvalue weighted by molar-refractivity contribution is 0.463. The van der Waals surface area contributed by atoms with Crippen molar-refractivity contribution in [2.24, 2.45) is 0 Å². The number of nitrogens with zero attached hydrogens (tertiary/aromatic N) is 1. The summed E-state index contributed by atoms with van der Waals surface area (Å²) in [5, 5.41) is 0.993. The highest BCUT2D eigenvalue weighted by Gasteiger charge is 2.08. The molecule has 0 saturated carbocycles. The topological polar surface area (TPSA) is 22.1 Å². The molecule has 17 heavy (non-hydrogen) atoms. The molecule has 0 spiro atoms. The van der Waals surface area contributed by atoms with E-state index in [0.29, 0.717) is 21.7 Å². The number of rotatable bonds is 2. The van der Waals surface area contributed by atoms with Gasteiger partial charge in [-0.1, -0.05) is 23.2 Å². The zero-order chi connectivity index (χ0) is 12.4. The van der Waals surface area contributed by atoms with E-state index >= 15 is 0 Å². The van der Waals surface area contributed by atoms with Gasteiger partial charge in [-0.25, -0.2) is 4.98 Å². The Morgan fingerprint density at radius 3 is 2.47 bits per heavy atom. The maximum absolute atomic E-state index is 6.03. The number of aromatic nitrogens is 1. The third kappa shape index (κ3) is 3.35. The highest BCUT2D eigenvalue weighted by Crippen LogP contribution is 2.36. The Hall–Kier alpha value is -0.290. The molecule has 6 heteroatoms. The van der Waals surface area contributed by atoms with Crippen LogP contribution in [0.5, 0.6) is 11.6 Å². The van der Waals surface area contributed by atoms with E-state index in [1.54, 1.807) is 24.4 Å². The molecule has 0 amide bonds. The molecule has 0 radical (unpaired) electrons. The maximum Gasteiger partial charge on any atom is 0.219 e. The van der Waals surface area contributed by atoms with Crippen molar-refractivity contribution in [2.45, 2.75) is 0 Å². The number of halogens is 4. The van der Waals surface area contributed by atoms with Crippen LogP contribution in [-0.4, -0.2) is 4.98 Å². The van der Waals surface area contributed by atoms with Gasteiger partial charge in [0, 0.05) is 27.3 Å². The molecule has 0 aliphatic rings. The van der Waals surface area contributed by atoms with Crippen molar-refractivity contribution >= 4 is 55.1 Å². The summed E-state index contributed by atoms with van der Waals surface area (Å²) in [6.45, 7) is 0. The fraction of sp³-hybridized carbons (Fsp3) is 0. The number of hydrogen-bond donors (Lipinski definition) is 0. The lowest BCUT2D eigenvalue weighted by Gasteiger charge is -2.08. The second-order valence-corrected chi connectivity index (χ2v) is 5.70. The predicted molar refractivity (Wildman–Crippen MR) is 76.2 cm³/mol. The average Bonchev–Trinajstić information content (AvgIpc) is 2.29. The van der Waals surface area contributed by atoms with Crippen LogP contribution >= 0.6 is 55.1 Å². The molecule has 0 saturated heterocycles. The van der Waals surface area contributed by atoms with Gasteiger partial charge in [-0.15, -0.1) is 0 Å². The second kappa shape index (κ2) is 5.57. The van der Waals surface area contributed by atoms with Gasteiger partial charge in [0.2, 0.25) is 5.88 Å². The smallest absolute Gasteiger partial charge is 0.219 e. The van der Waals surface area contributed by atoms with Crippen LogP contribution in [0.4, 0.5) is 0 Å². The van der Waals surface area contributed by atoms with E-state index in [0.717, 1.165) is 8.95 Å². The molecular formula is C11H5Br2Cl2NO. The molecule has 2 rings (SSSR count). The number of hydrogen-bond acceptors (Lipinski definition) is 2. The van der Waals surface area contributed by atoms with Gasteiger partial charge in [0.1, 0.15) is 5.75 Å². The Bertz CT molecular complexity index is 546. The fourth-order valence-corrected chi connectivity index (χ4v) is 2.18. The highest BCUT2D eigenvalue weighted by molar-refractivity contribution is 9.10. The summed E-state index contributed by atoms with van der Waals surface area (Å²) in [5.74, 6) is 0.920. The van der Waals surface area contributed by atoms with Crippen LogP contribution in [-0.2, 0) is 0 Å². The molecule has 0 aliphatic carbocycles. The molecule has 88 valence electrons. The van der Waals surface area contributed by atoms with Gasteiger partial charge in [0.25, 0.3) is 0 Å². The molecule has 0 fully saturated rings. The number of benzene rings is 1. The average molecular weight is 398 g/mol. The summed E-state index contributed by atoms with van der Waals surface area (Å²) in [4.78, 5) is 4.08. The first kappa shape index (κ1) is 13.1. The van der Waals surface area contributed by atoms with Crippen LogP contribution < -0.4 is 4.74 Å². The molecule has 0 aliphatic heterocycles. The largest absolute Gasteiger partial charge is 0.437 e. The standard InChI is InChI=1S/C11H5Br2Cl2NO/c12-6-1-2-11(16-5-6)17-10-4-8(14)7(13)3-9(10)15/h1-5H. The first-order valence-electron chi connectivity index (χ1n) is 4.50. The minimum atomic E-state index is 0.452. The molecule has 0 N–H and O–H groups in total. The first-order chi connectivity index (χ1) is 8.06. The quantitative estimate of drug-likeness (QED) is 0.606. The van der Waals surface area contributed by atoms with Gasteiger partial charge >= 0.3 is 0 Å². The molecular weight excluding hydrogens is 393 g/mol. The fourth-order valence-electron chi connectivity index (χ4n) is 1.12. The zero-order valence-corrected chi connectivity index (χ0v) is 12.9. The Morgan fingerprint density at radius 1 is 1.06 bits per heavy atom. The molecule has 0 unspecified atom stereocenters. The van der Waals surface area contributed by atoms with Crippen LogP contribution in [0, 0.1) is 0 Å². The van der Waals surface area contributed by atoms with Crippen molar-refractivity contribution in [3.05, 3.63) is 49.5 Å². The third-order valence-corrected chi connectivity index (χ3v) is 3.85. The summed E-state index contributed by atoms with van der Waals surface area (Å²) in [6.07, 6.45) is 1.64. The Kier molecular flexibility index (Phi) is 4.31. The normalized spacial score (nSPS) is 10.4. The van der Waals surface area contributed by atoms with E-state index in [1.165, 1.54) is 0 Å². The zero-order valence-electron chi connectivity index (χ0n) is 8.25. The Labute approximate surface area is 125 Å². The SMILES string of the molecule is Clc1cc(Oc2ccc(Br)cn2)c(Cl)cc1Br. The van der Waals surface area contributed by atoms with Crippen molar-refractivity contribution in [1.29, 1.82) is 0 Å². The van der Waals surface area contributed by atoms with E-state index in [2.05, 4.69) is 36.8 Å². The van der Waals surface area contributed by atoms with E-state index in [9.17, 15) is 0 Å². The monoisotopic (exact) mass is 395 g/mol. The molecule has 0 atom stereocenters. The van der Waals surface area contributed by atoms with Crippen molar-refractivity contribution in [3.8, 4) is 11.6 Å². The van der Waals surface area contributed by atoms with Crippen LogP contribution in [0.1, 0.15) is 0 Å². The maximum atomic E-state index is 6.03.